The Morgan fingerprint density at radius 3 is 2.64 bits per heavy atom. The van der Waals surface area contributed by atoms with E-state index in [-0.39, 0.29) is 5.91 Å². The number of aryl methyl sites for hydroxylation is 1. The molecule has 1 aromatic carbocycles. The Morgan fingerprint density at radius 1 is 1.14 bits per heavy atom. The van der Waals surface area contributed by atoms with E-state index < -0.39 is 10.0 Å². The highest BCUT2D eigenvalue weighted by Crippen LogP contribution is 2.35. The molecule has 0 fully saturated rings. The number of benzene rings is 1. The standard InChI is InChI=1S/C21H26N2O3S2/c1-3-22(4-2)28(25,26)16-9-10-19-15(13-16)11-12-23(19)21(24)18-14-27-20-8-6-5-7-17(18)20/h9-10,13-14H,3-8,11-12H2,1-2H3. The molecule has 4 rings (SSSR count). The minimum Gasteiger partial charge on any atom is -0.308 e. The number of fused-ring (bicyclic) bond motifs is 2. The Labute approximate surface area is 171 Å². The molecule has 5 nitrogen and oxygen atoms in total. The molecule has 1 aliphatic carbocycles. The molecule has 0 bridgehead atoms. The van der Waals surface area contributed by atoms with Crippen LogP contribution in [0.1, 0.15) is 53.1 Å². The molecule has 2 aliphatic rings. The second kappa shape index (κ2) is 7.61. The summed E-state index contributed by atoms with van der Waals surface area (Å²) in [5.74, 6) is 0.0532. The van der Waals surface area contributed by atoms with E-state index in [1.165, 1.54) is 21.2 Å². The van der Waals surface area contributed by atoms with Crippen LogP contribution >= 0.6 is 11.3 Å². The Morgan fingerprint density at radius 2 is 1.89 bits per heavy atom. The summed E-state index contributed by atoms with van der Waals surface area (Å²) < 4.78 is 27.1. The summed E-state index contributed by atoms with van der Waals surface area (Å²) in [6.07, 6.45) is 5.11. The van der Waals surface area contributed by atoms with Crippen LogP contribution in [-0.4, -0.2) is 38.3 Å². The van der Waals surface area contributed by atoms with Crippen LogP contribution in [0.15, 0.2) is 28.5 Å². The van der Waals surface area contributed by atoms with E-state index in [1.54, 1.807) is 29.5 Å². The SMILES string of the molecule is CCN(CC)S(=O)(=O)c1ccc2c(c1)CCN2C(=O)c1csc2c1CCCC2. The molecule has 1 aromatic heterocycles. The first-order chi connectivity index (χ1) is 13.5. The summed E-state index contributed by atoms with van der Waals surface area (Å²) in [6.45, 7) is 5.19. The van der Waals surface area contributed by atoms with Gasteiger partial charge in [-0.1, -0.05) is 13.8 Å². The highest BCUT2D eigenvalue weighted by molar-refractivity contribution is 7.89. The minimum atomic E-state index is -3.48. The van der Waals surface area contributed by atoms with Crippen LogP contribution in [0.4, 0.5) is 5.69 Å². The van der Waals surface area contributed by atoms with Gasteiger partial charge < -0.3 is 4.90 Å². The molecule has 0 atom stereocenters. The van der Waals surface area contributed by atoms with Gasteiger partial charge in [-0.05, 0) is 61.4 Å². The van der Waals surface area contributed by atoms with Crippen molar-refractivity contribution in [1.29, 1.82) is 0 Å². The van der Waals surface area contributed by atoms with Gasteiger partial charge in [-0.25, -0.2) is 8.42 Å². The maximum atomic E-state index is 13.2. The van der Waals surface area contributed by atoms with Crippen molar-refractivity contribution in [1.82, 2.24) is 4.31 Å². The lowest BCUT2D eigenvalue weighted by Gasteiger charge is -2.21. The van der Waals surface area contributed by atoms with Crippen LogP contribution in [0, 0.1) is 0 Å². The zero-order valence-corrected chi connectivity index (χ0v) is 18.0. The van der Waals surface area contributed by atoms with E-state index in [1.807, 2.05) is 24.1 Å². The van der Waals surface area contributed by atoms with Crippen LogP contribution in [0.2, 0.25) is 0 Å². The number of rotatable bonds is 5. The molecule has 0 N–H and O–H groups in total. The van der Waals surface area contributed by atoms with Gasteiger partial charge in [0.2, 0.25) is 10.0 Å². The van der Waals surface area contributed by atoms with Gasteiger partial charge in [-0.2, -0.15) is 4.31 Å². The summed E-state index contributed by atoms with van der Waals surface area (Å²) in [4.78, 5) is 16.7. The lowest BCUT2D eigenvalue weighted by Crippen LogP contribution is -2.31. The molecule has 0 unspecified atom stereocenters. The first-order valence-electron chi connectivity index (χ1n) is 10.0. The average Bonchev–Trinajstić information content (AvgIpc) is 3.32. The second-order valence-corrected chi connectivity index (χ2v) is 10.2. The maximum Gasteiger partial charge on any atom is 0.259 e. The van der Waals surface area contributed by atoms with Crippen molar-refractivity contribution in [2.24, 2.45) is 0 Å². The smallest absolute Gasteiger partial charge is 0.259 e. The van der Waals surface area contributed by atoms with Crippen LogP contribution in [0.25, 0.3) is 0 Å². The molecule has 0 saturated carbocycles. The van der Waals surface area contributed by atoms with E-state index in [4.69, 9.17) is 0 Å². The van der Waals surface area contributed by atoms with Crippen LogP contribution in [0.5, 0.6) is 0 Å². The van der Waals surface area contributed by atoms with Gasteiger partial charge in [0, 0.05) is 35.6 Å². The van der Waals surface area contributed by atoms with Crippen molar-refractivity contribution in [2.45, 2.75) is 50.8 Å². The van der Waals surface area contributed by atoms with Gasteiger partial charge in [-0.3, -0.25) is 4.79 Å². The van der Waals surface area contributed by atoms with Crippen LogP contribution in [0.3, 0.4) is 0 Å². The molecule has 0 radical (unpaired) electrons. The second-order valence-electron chi connectivity index (χ2n) is 7.34. The lowest BCUT2D eigenvalue weighted by atomic mass is 9.95. The number of thiophene rings is 1. The first-order valence-corrected chi connectivity index (χ1v) is 12.3. The van der Waals surface area contributed by atoms with E-state index >= 15 is 0 Å². The van der Waals surface area contributed by atoms with Crippen molar-refractivity contribution >= 4 is 33.0 Å². The van der Waals surface area contributed by atoms with E-state index in [0.29, 0.717) is 31.0 Å². The number of nitrogens with zero attached hydrogens (tertiary/aromatic N) is 2. The van der Waals surface area contributed by atoms with Gasteiger partial charge >= 0.3 is 0 Å². The van der Waals surface area contributed by atoms with Gasteiger partial charge in [0.15, 0.2) is 0 Å². The Bertz CT molecular complexity index is 1010. The summed E-state index contributed by atoms with van der Waals surface area (Å²) in [7, 11) is -3.48. The molecule has 0 spiro atoms. The summed E-state index contributed by atoms with van der Waals surface area (Å²) in [5.41, 5.74) is 3.85. The predicted molar refractivity (Wildman–Crippen MR) is 113 cm³/mol. The molecular formula is C21H26N2O3S2. The third kappa shape index (κ3) is 3.19. The van der Waals surface area contributed by atoms with Gasteiger partial charge in [0.05, 0.1) is 10.5 Å². The highest BCUT2D eigenvalue weighted by atomic mass is 32.2. The number of sulfonamides is 1. The molecule has 7 heteroatoms. The number of hydrogen-bond donors (Lipinski definition) is 0. The number of anilines is 1. The van der Waals surface area contributed by atoms with Gasteiger partial charge in [-0.15, -0.1) is 11.3 Å². The van der Waals surface area contributed by atoms with Gasteiger partial charge in [0.25, 0.3) is 5.91 Å². The van der Waals surface area contributed by atoms with E-state index in [2.05, 4.69) is 0 Å². The Balaban J connectivity index is 1.64. The number of amides is 1. The summed E-state index contributed by atoms with van der Waals surface area (Å²) in [6, 6.07) is 5.19. The topological polar surface area (TPSA) is 57.7 Å². The highest BCUT2D eigenvalue weighted by Gasteiger charge is 2.31. The average molecular weight is 419 g/mol. The summed E-state index contributed by atoms with van der Waals surface area (Å²) in [5, 5.41) is 2.01. The molecule has 1 amide bonds. The predicted octanol–water partition coefficient (Wildman–Crippen LogP) is 3.86. The largest absolute Gasteiger partial charge is 0.308 e. The third-order valence-electron chi connectivity index (χ3n) is 5.83. The molecular weight excluding hydrogens is 392 g/mol. The molecule has 28 heavy (non-hydrogen) atoms. The molecule has 1 aliphatic heterocycles. The minimum absolute atomic E-state index is 0.0532. The number of carbonyl (C=O) groups excluding carboxylic acids is 1. The Hall–Kier alpha value is -1.70. The van der Waals surface area contributed by atoms with Crippen LogP contribution < -0.4 is 4.90 Å². The van der Waals surface area contributed by atoms with Crippen LogP contribution in [-0.2, 0) is 29.3 Å². The monoisotopic (exact) mass is 418 g/mol. The third-order valence-corrected chi connectivity index (χ3v) is 8.96. The van der Waals surface area contributed by atoms with Crippen molar-refractivity contribution in [2.75, 3.05) is 24.5 Å². The first kappa shape index (κ1) is 19.6. The fourth-order valence-electron chi connectivity index (χ4n) is 4.28. The quantitative estimate of drug-likeness (QED) is 0.741. The molecule has 150 valence electrons. The van der Waals surface area contributed by atoms with Crippen molar-refractivity contribution in [3.05, 3.63) is 45.1 Å². The van der Waals surface area contributed by atoms with Crippen molar-refractivity contribution < 1.29 is 13.2 Å². The Kier molecular flexibility index (Phi) is 5.33. The van der Waals surface area contributed by atoms with E-state index in [0.717, 1.165) is 36.1 Å². The fraction of sp³-hybridized carbons (Fsp3) is 0.476. The fourth-order valence-corrected chi connectivity index (χ4v) is 6.91. The lowest BCUT2D eigenvalue weighted by molar-refractivity contribution is 0.0988. The van der Waals surface area contributed by atoms with E-state index in [9.17, 15) is 13.2 Å². The number of hydrogen-bond acceptors (Lipinski definition) is 4. The number of carbonyl (C=O) groups is 1. The molecule has 0 saturated heterocycles. The zero-order chi connectivity index (χ0) is 19.9. The molecule has 2 aromatic rings. The van der Waals surface area contributed by atoms with Crippen molar-refractivity contribution in [3.8, 4) is 0 Å². The zero-order valence-electron chi connectivity index (χ0n) is 16.4. The molecule has 2 heterocycles. The van der Waals surface area contributed by atoms with Gasteiger partial charge in [0.1, 0.15) is 0 Å². The normalized spacial score (nSPS) is 16.3. The summed E-state index contributed by atoms with van der Waals surface area (Å²) >= 11 is 1.70. The maximum absolute atomic E-state index is 13.2. The van der Waals surface area contributed by atoms with Crippen molar-refractivity contribution in [3.63, 3.8) is 0 Å².